The molecule has 1 aliphatic rings. The molecule has 0 atom stereocenters. The average Bonchev–Trinajstić information content (AvgIpc) is 3.64. The summed E-state index contributed by atoms with van der Waals surface area (Å²) in [5.41, 5.74) is 0.309. The monoisotopic (exact) mass is 518 g/mol. The summed E-state index contributed by atoms with van der Waals surface area (Å²) in [6.07, 6.45) is -1.98. The van der Waals surface area contributed by atoms with Gasteiger partial charge in [0.05, 0.1) is 21.7 Å². The quantitative estimate of drug-likeness (QED) is 0.329. The molecule has 4 rings (SSSR count). The van der Waals surface area contributed by atoms with E-state index >= 15 is 0 Å². The van der Waals surface area contributed by atoms with Crippen LogP contribution in [0.3, 0.4) is 0 Å². The molecule has 3 aromatic rings. The van der Waals surface area contributed by atoms with Gasteiger partial charge in [0.15, 0.2) is 0 Å². The summed E-state index contributed by atoms with van der Waals surface area (Å²) in [5.74, 6) is 0.379. The van der Waals surface area contributed by atoms with Crippen LogP contribution in [-0.2, 0) is 16.4 Å². The highest BCUT2D eigenvalue weighted by Gasteiger charge is 2.53. The molecule has 0 saturated heterocycles. The van der Waals surface area contributed by atoms with Crippen molar-refractivity contribution < 1.29 is 22.8 Å². The first-order chi connectivity index (χ1) is 17.0. The zero-order valence-corrected chi connectivity index (χ0v) is 20.0. The van der Waals surface area contributed by atoms with Gasteiger partial charge in [0, 0.05) is 30.2 Å². The van der Waals surface area contributed by atoms with Crippen molar-refractivity contribution in [1.29, 1.82) is 0 Å². The van der Waals surface area contributed by atoms with Gasteiger partial charge in [-0.1, -0.05) is 17.7 Å². The van der Waals surface area contributed by atoms with Crippen LogP contribution in [0.4, 0.5) is 40.8 Å². The van der Waals surface area contributed by atoms with Gasteiger partial charge < -0.3 is 21.3 Å². The number of hydrogen-bond acceptors (Lipinski definition) is 5. The number of benzene rings is 2. The van der Waals surface area contributed by atoms with E-state index in [4.69, 9.17) is 11.6 Å². The summed E-state index contributed by atoms with van der Waals surface area (Å²) in [7, 11) is 1.73. The Balaban J connectivity index is 1.46. The molecule has 1 saturated carbocycles. The summed E-state index contributed by atoms with van der Waals surface area (Å²) >= 11 is 5.62. The molecule has 36 heavy (non-hydrogen) atoms. The van der Waals surface area contributed by atoms with Gasteiger partial charge in [-0.2, -0.15) is 13.2 Å². The van der Waals surface area contributed by atoms with E-state index in [9.17, 15) is 22.8 Å². The maximum Gasteiger partial charge on any atom is 0.417 e. The van der Waals surface area contributed by atoms with Gasteiger partial charge >= 0.3 is 12.2 Å². The van der Waals surface area contributed by atoms with E-state index in [1.165, 1.54) is 12.4 Å². The first kappa shape index (κ1) is 25.2. The highest BCUT2D eigenvalue weighted by molar-refractivity contribution is 6.31. The number of hydrogen-bond donors (Lipinski definition) is 4. The first-order valence-electron chi connectivity index (χ1n) is 10.9. The molecular formula is C24H22ClF3N6O2. The molecule has 188 valence electrons. The van der Waals surface area contributed by atoms with Gasteiger partial charge in [0.25, 0.3) is 0 Å². The summed E-state index contributed by atoms with van der Waals surface area (Å²) in [4.78, 5) is 33.9. The molecule has 1 aromatic heterocycles. The highest BCUT2D eigenvalue weighted by atomic mass is 35.5. The Bertz CT molecular complexity index is 1330. The highest BCUT2D eigenvalue weighted by Crippen LogP contribution is 2.48. The summed E-state index contributed by atoms with van der Waals surface area (Å²) in [5, 5.41) is 10.3. The van der Waals surface area contributed by atoms with Gasteiger partial charge in [0.1, 0.15) is 12.1 Å². The van der Waals surface area contributed by atoms with Gasteiger partial charge in [-0.15, -0.1) is 0 Å². The van der Waals surface area contributed by atoms with Crippen molar-refractivity contribution in [2.75, 3.05) is 28.3 Å². The molecule has 1 aliphatic carbocycles. The number of nitrogens with one attached hydrogen (secondary N) is 4. The molecule has 8 nitrogen and oxygen atoms in total. The predicted octanol–water partition coefficient (Wildman–Crippen LogP) is 5.81. The summed E-state index contributed by atoms with van der Waals surface area (Å²) in [6, 6.07) is 8.95. The van der Waals surface area contributed by atoms with E-state index in [-0.39, 0.29) is 11.6 Å². The number of rotatable bonds is 6. The number of urea groups is 1. The van der Waals surface area contributed by atoms with Gasteiger partial charge in [-0.25, -0.2) is 14.8 Å². The SMILES string of the molecule is CNc1cc(C2(C(=O)Nc3cc(NC(=O)Nc4ccc(Cl)c(C(F)(F)F)c4)ccc3C)CC2)ncn1. The number of aryl methyl sites for hydroxylation is 1. The normalized spacial score (nSPS) is 14.1. The predicted molar refractivity (Wildman–Crippen MR) is 131 cm³/mol. The molecule has 3 amide bonds. The number of anilines is 4. The lowest BCUT2D eigenvalue weighted by Gasteiger charge is -2.17. The minimum absolute atomic E-state index is 0.0775. The second-order valence-electron chi connectivity index (χ2n) is 8.38. The third-order valence-corrected chi connectivity index (χ3v) is 6.20. The molecule has 1 fully saturated rings. The second kappa shape index (κ2) is 9.65. The smallest absolute Gasteiger partial charge is 0.373 e. The lowest BCUT2D eigenvalue weighted by Crippen LogP contribution is -2.29. The van der Waals surface area contributed by atoms with Crippen LogP contribution in [0, 0.1) is 6.92 Å². The standard InChI is InChI=1S/C24H22ClF3N6O2/c1-13-3-4-15(33-22(36)32-14-5-6-17(25)16(9-14)24(26,27)28)10-18(13)34-21(35)23(7-8-23)19-11-20(29-2)31-12-30-19/h3-6,9-12H,7-8H2,1-2H3,(H,34,35)(H,29,30,31)(H2,32,33,36). The van der Waals surface area contributed by atoms with E-state index < -0.39 is 28.2 Å². The molecule has 2 aromatic carbocycles. The van der Waals surface area contributed by atoms with E-state index in [0.29, 0.717) is 35.7 Å². The number of alkyl halides is 3. The number of carbonyl (C=O) groups excluding carboxylic acids is 2. The zero-order valence-electron chi connectivity index (χ0n) is 19.3. The Morgan fingerprint density at radius 3 is 2.28 bits per heavy atom. The fraction of sp³-hybridized carbons (Fsp3) is 0.250. The van der Waals surface area contributed by atoms with E-state index in [0.717, 1.165) is 17.7 Å². The van der Waals surface area contributed by atoms with Crippen LogP contribution in [-0.4, -0.2) is 29.0 Å². The van der Waals surface area contributed by atoms with Crippen LogP contribution in [0.1, 0.15) is 29.7 Å². The van der Waals surface area contributed by atoms with Gasteiger partial charge in [0.2, 0.25) is 5.91 Å². The number of carbonyl (C=O) groups is 2. The van der Waals surface area contributed by atoms with E-state index in [1.807, 2.05) is 0 Å². The maximum atomic E-state index is 13.2. The molecule has 1 heterocycles. The molecule has 0 aliphatic heterocycles. The summed E-state index contributed by atoms with van der Waals surface area (Å²) in [6.45, 7) is 1.80. The Hall–Kier alpha value is -3.86. The van der Waals surface area contributed by atoms with Crippen LogP contribution in [0.5, 0.6) is 0 Å². The van der Waals surface area contributed by atoms with Crippen LogP contribution < -0.4 is 21.3 Å². The third-order valence-electron chi connectivity index (χ3n) is 5.87. The minimum Gasteiger partial charge on any atom is -0.373 e. The Labute approximate surface area is 209 Å². The van der Waals surface area contributed by atoms with Crippen LogP contribution in [0.25, 0.3) is 0 Å². The van der Waals surface area contributed by atoms with E-state index in [1.54, 1.807) is 38.2 Å². The molecule has 0 unspecified atom stereocenters. The Morgan fingerprint density at radius 2 is 1.64 bits per heavy atom. The molecule has 0 radical (unpaired) electrons. The number of amides is 3. The summed E-state index contributed by atoms with van der Waals surface area (Å²) < 4.78 is 39.2. The fourth-order valence-corrected chi connectivity index (χ4v) is 3.90. The van der Waals surface area contributed by atoms with Crippen molar-refractivity contribution in [3.63, 3.8) is 0 Å². The van der Waals surface area contributed by atoms with Crippen LogP contribution in [0.2, 0.25) is 5.02 Å². The van der Waals surface area contributed by atoms with Crippen molar-refractivity contribution in [2.24, 2.45) is 0 Å². The minimum atomic E-state index is -4.66. The van der Waals surface area contributed by atoms with E-state index in [2.05, 4.69) is 31.2 Å². The first-order valence-corrected chi connectivity index (χ1v) is 11.3. The average molecular weight is 519 g/mol. The van der Waals surface area contributed by atoms with Crippen molar-refractivity contribution in [3.05, 3.63) is 70.6 Å². The fourth-order valence-electron chi connectivity index (χ4n) is 3.67. The number of halogens is 4. The largest absolute Gasteiger partial charge is 0.417 e. The van der Waals surface area contributed by atoms with Crippen molar-refractivity contribution in [3.8, 4) is 0 Å². The Morgan fingerprint density at radius 1 is 0.972 bits per heavy atom. The van der Waals surface area contributed by atoms with Crippen LogP contribution >= 0.6 is 11.6 Å². The van der Waals surface area contributed by atoms with Gasteiger partial charge in [-0.05, 0) is 55.7 Å². The lowest BCUT2D eigenvalue weighted by atomic mass is 10.0. The maximum absolute atomic E-state index is 13.2. The topological polar surface area (TPSA) is 108 Å². The number of aromatic nitrogens is 2. The Kier molecular flexibility index (Phi) is 6.77. The molecule has 4 N–H and O–H groups in total. The van der Waals surface area contributed by atoms with Crippen LogP contribution in [0.15, 0.2) is 48.8 Å². The molecule has 0 spiro atoms. The molecule has 12 heteroatoms. The van der Waals surface area contributed by atoms with Gasteiger partial charge in [-0.3, -0.25) is 4.79 Å². The third kappa shape index (κ3) is 5.35. The lowest BCUT2D eigenvalue weighted by molar-refractivity contribution is -0.137. The molecule has 0 bridgehead atoms. The second-order valence-corrected chi connectivity index (χ2v) is 8.78. The van der Waals surface area contributed by atoms with Crippen molar-refractivity contribution in [2.45, 2.75) is 31.4 Å². The van der Waals surface area contributed by atoms with Crippen molar-refractivity contribution >= 4 is 46.4 Å². The zero-order chi connectivity index (χ0) is 26.1. The number of nitrogens with zero attached hydrogens (tertiary/aromatic N) is 2. The van der Waals surface area contributed by atoms with Crippen molar-refractivity contribution in [1.82, 2.24) is 9.97 Å². The molecular weight excluding hydrogens is 497 g/mol.